The molecule has 1 aromatic carbocycles. The van der Waals surface area contributed by atoms with E-state index in [1.54, 1.807) is 7.11 Å². The van der Waals surface area contributed by atoms with Crippen LogP contribution >= 0.6 is 15.9 Å². The first-order valence-electron chi connectivity index (χ1n) is 4.54. The number of hydrogen-bond donors (Lipinski definition) is 0. The van der Waals surface area contributed by atoms with E-state index >= 15 is 0 Å². The van der Waals surface area contributed by atoms with Crippen molar-refractivity contribution in [1.29, 1.82) is 0 Å². The second-order valence-electron chi connectivity index (χ2n) is 3.21. The fraction of sp³-hybridized carbons (Fsp3) is 0.273. The number of nitrogens with zero attached hydrogens (tertiary/aromatic N) is 1. The average molecular weight is 254 g/mol. The van der Waals surface area contributed by atoms with Crippen molar-refractivity contribution in [1.82, 2.24) is 4.57 Å². The third kappa shape index (κ3) is 1.83. The zero-order chi connectivity index (χ0) is 9.97. The Bertz CT molecular complexity index is 436. The lowest BCUT2D eigenvalue weighted by molar-refractivity contribution is 0.188. The van der Waals surface area contributed by atoms with Gasteiger partial charge in [-0.2, -0.15) is 0 Å². The van der Waals surface area contributed by atoms with Crippen molar-refractivity contribution in [2.75, 3.05) is 13.7 Å². The highest BCUT2D eigenvalue weighted by atomic mass is 79.9. The fourth-order valence-electron chi connectivity index (χ4n) is 1.54. The Hall–Kier alpha value is -0.800. The van der Waals surface area contributed by atoms with Gasteiger partial charge in [0.05, 0.1) is 6.61 Å². The van der Waals surface area contributed by atoms with Crippen LogP contribution in [0.3, 0.4) is 0 Å². The van der Waals surface area contributed by atoms with E-state index in [-0.39, 0.29) is 0 Å². The van der Waals surface area contributed by atoms with Crippen LogP contribution in [-0.4, -0.2) is 18.3 Å². The van der Waals surface area contributed by atoms with Crippen LogP contribution in [0.2, 0.25) is 0 Å². The molecular weight excluding hydrogens is 242 g/mol. The van der Waals surface area contributed by atoms with Crippen molar-refractivity contribution in [3.05, 3.63) is 34.9 Å². The van der Waals surface area contributed by atoms with Crippen LogP contribution in [0.4, 0.5) is 0 Å². The summed E-state index contributed by atoms with van der Waals surface area (Å²) in [7, 11) is 1.72. The zero-order valence-corrected chi connectivity index (χ0v) is 9.62. The number of halogens is 1. The summed E-state index contributed by atoms with van der Waals surface area (Å²) in [4.78, 5) is 0. The molecule has 1 heterocycles. The molecule has 0 aliphatic heterocycles. The Balaban J connectivity index is 2.40. The third-order valence-corrected chi connectivity index (χ3v) is 2.77. The Morgan fingerprint density at radius 2 is 2.21 bits per heavy atom. The van der Waals surface area contributed by atoms with Crippen molar-refractivity contribution in [3.8, 4) is 0 Å². The second kappa shape index (κ2) is 4.15. The second-order valence-corrected chi connectivity index (χ2v) is 4.12. The van der Waals surface area contributed by atoms with Gasteiger partial charge in [0.25, 0.3) is 0 Å². The van der Waals surface area contributed by atoms with E-state index in [2.05, 4.69) is 51.0 Å². The van der Waals surface area contributed by atoms with Crippen LogP contribution in [0.5, 0.6) is 0 Å². The molecule has 3 heteroatoms. The van der Waals surface area contributed by atoms with Crippen LogP contribution in [-0.2, 0) is 11.3 Å². The van der Waals surface area contributed by atoms with Crippen LogP contribution in [0.25, 0.3) is 10.9 Å². The van der Waals surface area contributed by atoms with Crippen molar-refractivity contribution in [2.45, 2.75) is 6.54 Å². The molecular formula is C11H12BrNO. The number of rotatable bonds is 3. The minimum Gasteiger partial charge on any atom is -0.383 e. The monoisotopic (exact) mass is 253 g/mol. The summed E-state index contributed by atoms with van der Waals surface area (Å²) < 4.78 is 8.37. The number of aromatic nitrogens is 1. The molecule has 1 aromatic heterocycles. The summed E-state index contributed by atoms with van der Waals surface area (Å²) in [5.41, 5.74) is 1.25. The zero-order valence-electron chi connectivity index (χ0n) is 8.03. The highest BCUT2D eigenvalue weighted by Crippen LogP contribution is 2.20. The van der Waals surface area contributed by atoms with Crippen LogP contribution in [0, 0.1) is 0 Å². The van der Waals surface area contributed by atoms with E-state index < -0.39 is 0 Å². The standard InChI is InChI=1S/C11H12BrNO/c1-14-7-6-13-5-4-9-2-3-10(12)8-11(9)13/h2-5,8H,6-7H2,1H3. The Morgan fingerprint density at radius 3 is 3.00 bits per heavy atom. The van der Waals surface area contributed by atoms with Crippen LogP contribution < -0.4 is 0 Å². The summed E-state index contributed by atoms with van der Waals surface area (Å²) in [6, 6.07) is 8.42. The molecule has 0 fully saturated rings. The van der Waals surface area contributed by atoms with Gasteiger partial charge in [0.15, 0.2) is 0 Å². The maximum atomic E-state index is 5.06. The number of benzene rings is 1. The Kier molecular flexibility index (Phi) is 2.89. The molecule has 2 nitrogen and oxygen atoms in total. The average Bonchev–Trinajstić information content (AvgIpc) is 2.57. The highest BCUT2D eigenvalue weighted by Gasteiger charge is 2.00. The quantitative estimate of drug-likeness (QED) is 0.821. The molecule has 0 amide bonds. The first kappa shape index (κ1) is 9.74. The SMILES string of the molecule is COCCn1ccc2ccc(Br)cc21. The molecule has 0 spiro atoms. The molecule has 74 valence electrons. The van der Waals surface area contributed by atoms with Gasteiger partial charge < -0.3 is 9.30 Å². The molecule has 2 aromatic rings. The third-order valence-electron chi connectivity index (χ3n) is 2.27. The van der Waals surface area contributed by atoms with Crippen molar-refractivity contribution < 1.29 is 4.74 Å². The molecule has 0 bridgehead atoms. The van der Waals surface area contributed by atoms with E-state index in [4.69, 9.17) is 4.74 Å². The fourth-order valence-corrected chi connectivity index (χ4v) is 1.89. The summed E-state index contributed by atoms with van der Waals surface area (Å²) in [6.07, 6.45) is 2.09. The van der Waals surface area contributed by atoms with Gasteiger partial charge in [0.2, 0.25) is 0 Å². The summed E-state index contributed by atoms with van der Waals surface area (Å²) in [6.45, 7) is 1.65. The van der Waals surface area contributed by atoms with Gasteiger partial charge in [-0.3, -0.25) is 0 Å². The van der Waals surface area contributed by atoms with Gasteiger partial charge >= 0.3 is 0 Å². The number of hydrogen-bond acceptors (Lipinski definition) is 1. The maximum absolute atomic E-state index is 5.06. The lowest BCUT2D eigenvalue weighted by Crippen LogP contribution is -2.02. The summed E-state index contributed by atoms with van der Waals surface area (Å²) >= 11 is 3.47. The molecule has 0 aliphatic rings. The lowest BCUT2D eigenvalue weighted by Gasteiger charge is -2.04. The number of ether oxygens (including phenoxy) is 1. The molecule has 0 radical (unpaired) electrons. The molecule has 2 rings (SSSR count). The smallest absolute Gasteiger partial charge is 0.0641 e. The van der Waals surface area contributed by atoms with E-state index in [9.17, 15) is 0 Å². The van der Waals surface area contributed by atoms with Gasteiger partial charge in [-0.1, -0.05) is 22.0 Å². The number of fused-ring (bicyclic) bond motifs is 1. The van der Waals surface area contributed by atoms with Crippen molar-refractivity contribution >= 4 is 26.8 Å². The van der Waals surface area contributed by atoms with Gasteiger partial charge in [-0.15, -0.1) is 0 Å². The molecule has 14 heavy (non-hydrogen) atoms. The molecule has 0 atom stereocenters. The lowest BCUT2D eigenvalue weighted by atomic mass is 10.2. The maximum Gasteiger partial charge on any atom is 0.0641 e. The predicted octanol–water partition coefficient (Wildman–Crippen LogP) is 3.05. The van der Waals surface area contributed by atoms with Gasteiger partial charge in [0, 0.05) is 29.8 Å². The minimum atomic E-state index is 0.746. The number of methoxy groups -OCH3 is 1. The molecule has 0 saturated carbocycles. The van der Waals surface area contributed by atoms with E-state index in [0.717, 1.165) is 17.6 Å². The topological polar surface area (TPSA) is 14.2 Å². The van der Waals surface area contributed by atoms with E-state index in [0.29, 0.717) is 0 Å². The Labute approximate surface area is 91.6 Å². The van der Waals surface area contributed by atoms with Gasteiger partial charge in [-0.05, 0) is 23.6 Å². The first-order chi connectivity index (χ1) is 6.81. The Morgan fingerprint density at radius 1 is 1.36 bits per heavy atom. The highest BCUT2D eigenvalue weighted by molar-refractivity contribution is 9.10. The minimum absolute atomic E-state index is 0.746. The van der Waals surface area contributed by atoms with Crippen molar-refractivity contribution in [2.24, 2.45) is 0 Å². The summed E-state index contributed by atoms with van der Waals surface area (Å²) in [5.74, 6) is 0. The normalized spacial score (nSPS) is 11.0. The largest absolute Gasteiger partial charge is 0.383 e. The first-order valence-corrected chi connectivity index (χ1v) is 5.34. The molecule has 0 N–H and O–H groups in total. The molecule has 0 aliphatic carbocycles. The summed E-state index contributed by atoms with van der Waals surface area (Å²) in [5, 5.41) is 1.27. The predicted molar refractivity (Wildman–Crippen MR) is 61.5 cm³/mol. The van der Waals surface area contributed by atoms with E-state index in [1.165, 1.54) is 10.9 Å². The van der Waals surface area contributed by atoms with Gasteiger partial charge in [-0.25, -0.2) is 0 Å². The molecule has 0 unspecified atom stereocenters. The van der Waals surface area contributed by atoms with Crippen LogP contribution in [0.1, 0.15) is 0 Å². The van der Waals surface area contributed by atoms with E-state index in [1.807, 2.05) is 0 Å². The molecule has 0 saturated heterocycles. The van der Waals surface area contributed by atoms with Gasteiger partial charge in [0.1, 0.15) is 0 Å². The van der Waals surface area contributed by atoms with Crippen LogP contribution in [0.15, 0.2) is 34.9 Å². The van der Waals surface area contributed by atoms with Crippen molar-refractivity contribution in [3.63, 3.8) is 0 Å².